The van der Waals surface area contributed by atoms with Crippen molar-refractivity contribution in [1.29, 1.82) is 0 Å². The Hall–Kier alpha value is -2.83. The maximum Gasteiger partial charge on any atom is 0.339 e. The smallest absolute Gasteiger partial charge is 0.339 e. The SMILES string of the molecule is CC[C@H](C)[C@H](NC(=O)COc1ccc2c3c(c(=O)oc2c1)CCC3)C(=O)[O-]. The molecular weight excluding hydrogens is 350 g/mol. The first-order valence-corrected chi connectivity index (χ1v) is 9.12. The van der Waals surface area contributed by atoms with E-state index in [9.17, 15) is 19.5 Å². The van der Waals surface area contributed by atoms with Crippen LogP contribution in [0.25, 0.3) is 11.0 Å². The van der Waals surface area contributed by atoms with Crippen molar-refractivity contribution >= 4 is 22.8 Å². The molecule has 1 aromatic carbocycles. The zero-order valence-electron chi connectivity index (χ0n) is 15.4. The van der Waals surface area contributed by atoms with Crippen molar-refractivity contribution in [1.82, 2.24) is 5.32 Å². The van der Waals surface area contributed by atoms with Crippen LogP contribution in [0.15, 0.2) is 27.4 Å². The molecule has 0 fully saturated rings. The van der Waals surface area contributed by atoms with Crippen LogP contribution in [-0.4, -0.2) is 24.5 Å². The molecule has 144 valence electrons. The highest BCUT2D eigenvalue weighted by atomic mass is 16.5. The van der Waals surface area contributed by atoms with E-state index < -0.39 is 17.9 Å². The molecule has 2 atom stereocenters. The van der Waals surface area contributed by atoms with Gasteiger partial charge in [0.25, 0.3) is 5.91 Å². The molecule has 1 heterocycles. The molecule has 0 saturated carbocycles. The number of aryl methyl sites for hydroxylation is 1. The van der Waals surface area contributed by atoms with Crippen molar-refractivity contribution in [2.24, 2.45) is 5.92 Å². The lowest BCUT2D eigenvalue weighted by Crippen LogP contribution is -2.52. The van der Waals surface area contributed by atoms with Crippen LogP contribution in [0.2, 0.25) is 0 Å². The number of ether oxygens (including phenoxy) is 1. The van der Waals surface area contributed by atoms with Crippen LogP contribution in [0.3, 0.4) is 0 Å². The Bertz CT molecular complexity index is 932. The van der Waals surface area contributed by atoms with Crippen molar-refractivity contribution in [2.45, 2.75) is 45.6 Å². The quantitative estimate of drug-likeness (QED) is 0.725. The van der Waals surface area contributed by atoms with Crippen molar-refractivity contribution in [3.05, 3.63) is 39.7 Å². The maximum absolute atomic E-state index is 12.0. The number of carbonyl (C=O) groups is 2. The number of benzene rings is 1. The van der Waals surface area contributed by atoms with E-state index in [4.69, 9.17) is 9.15 Å². The second-order valence-corrected chi connectivity index (χ2v) is 6.90. The highest BCUT2D eigenvalue weighted by Crippen LogP contribution is 2.29. The summed E-state index contributed by atoms with van der Waals surface area (Å²) in [6.07, 6.45) is 3.11. The Labute approximate surface area is 156 Å². The summed E-state index contributed by atoms with van der Waals surface area (Å²) >= 11 is 0. The molecule has 7 nitrogen and oxygen atoms in total. The topological polar surface area (TPSA) is 109 Å². The number of rotatable bonds is 7. The van der Waals surface area contributed by atoms with Gasteiger partial charge in [0.2, 0.25) is 0 Å². The lowest BCUT2D eigenvalue weighted by Gasteiger charge is -2.25. The maximum atomic E-state index is 12.0. The Morgan fingerprint density at radius 3 is 2.74 bits per heavy atom. The van der Waals surface area contributed by atoms with Crippen LogP contribution < -0.4 is 20.8 Å². The average Bonchev–Trinajstić information content (AvgIpc) is 3.14. The highest BCUT2D eigenvalue weighted by molar-refractivity contribution is 5.85. The van der Waals surface area contributed by atoms with Gasteiger partial charge in [-0.05, 0) is 42.9 Å². The van der Waals surface area contributed by atoms with Gasteiger partial charge in [-0.25, -0.2) is 4.79 Å². The summed E-state index contributed by atoms with van der Waals surface area (Å²) in [4.78, 5) is 35.2. The lowest BCUT2D eigenvalue weighted by molar-refractivity contribution is -0.309. The van der Waals surface area contributed by atoms with Gasteiger partial charge in [-0.15, -0.1) is 0 Å². The number of hydrogen-bond donors (Lipinski definition) is 1. The molecule has 7 heteroatoms. The molecule has 0 spiro atoms. The summed E-state index contributed by atoms with van der Waals surface area (Å²) in [5.74, 6) is -1.76. The standard InChI is InChI=1S/C20H23NO6/c1-3-11(2)18(19(23)24)21-17(22)10-26-12-7-8-14-13-5-4-6-15(13)20(25)27-16(14)9-12/h7-9,11,18H,3-6,10H2,1-2H3,(H,21,22)(H,23,24)/p-1/t11-,18-/m0/s1. The van der Waals surface area contributed by atoms with Gasteiger partial charge in [0, 0.05) is 17.0 Å². The predicted molar refractivity (Wildman–Crippen MR) is 96.4 cm³/mol. The summed E-state index contributed by atoms with van der Waals surface area (Å²) in [7, 11) is 0. The second-order valence-electron chi connectivity index (χ2n) is 6.90. The summed E-state index contributed by atoms with van der Waals surface area (Å²) < 4.78 is 10.8. The third-order valence-electron chi connectivity index (χ3n) is 5.10. The Morgan fingerprint density at radius 1 is 1.30 bits per heavy atom. The second kappa shape index (κ2) is 7.82. The zero-order valence-corrected chi connectivity index (χ0v) is 15.4. The average molecular weight is 372 g/mol. The number of hydrogen-bond acceptors (Lipinski definition) is 6. The van der Waals surface area contributed by atoms with Gasteiger partial charge in [-0.1, -0.05) is 20.3 Å². The van der Waals surface area contributed by atoms with Crippen molar-refractivity contribution in [2.75, 3.05) is 6.61 Å². The highest BCUT2D eigenvalue weighted by Gasteiger charge is 2.21. The number of carboxylic acid groups (broad SMARTS) is 1. The molecule has 0 bridgehead atoms. The Morgan fingerprint density at radius 2 is 2.04 bits per heavy atom. The Kier molecular flexibility index (Phi) is 5.48. The van der Waals surface area contributed by atoms with Crippen LogP contribution in [0.5, 0.6) is 5.75 Å². The predicted octanol–water partition coefficient (Wildman–Crippen LogP) is 0.941. The van der Waals surface area contributed by atoms with Crippen molar-refractivity contribution in [3.63, 3.8) is 0 Å². The van der Waals surface area contributed by atoms with E-state index in [1.54, 1.807) is 19.1 Å². The lowest BCUT2D eigenvalue weighted by atomic mass is 9.99. The Balaban J connectivity index is 1.70. The normalized spacial score (nSPS) is 15.2. The van der Waals surface area contributed by atoms with Gasteiger partial charge in [0.15, 0.2) is 6.61 Å². The fourth-order valence-corrected chi connectivity index (χ4v) is 3.39. The molecule has 0 unspecified atom stereocenters. The monoisotopic (exact) mass is 372 g/mol. The minimum absolute atomic E-state index is 0.254. The van der Waals surface area contributed by atoms with Gasteiger partial charge in [0.1, 0.15) is 11.3 Å². The van der Waals surface area contributed by atoms with Gasteiger partial charge in [-0.2, -0.15) is 0 Å². The van der Waals surface area contributed by atoms with Crippen LogP contribution in [0, 0.1) is 5.92 Å². The van der Waals surface area contributed by atoms with Gasteiger partial charge in [0.05, 0.1) is 12.0 Å². The minimum atomic E-state index is -1.32. The zero-order chi connectivity index (χ0) is 19.6. The van der Waals surface area contributed by atoms with E-state index in [2.05, 4.69) is 5.32 Å². The summed E-state index contributed by atoms with van der Waals surface area (Å²) in [6.45, 7) is 3.22. The van der Waals surface area contributed by atoms with E-state index in [0.717, 1.165) is 35.8 Å². The van der Waals surface area contributed by atoms with Gasteiger partial charge >= 0.3 is 5.63 Å². The number of nitrogens with one attached hydrogen (secondary N) is 1. The molecule has 3 rings (SSSR count). The molecule has 1 aromatic heterocycles. The molecule has 0 radical (unpaired) electrons. The fraction of sp³-hybridized carbons (Fsp3) is 0.450. The first-order chi connectivity index (χ1) is 12.9. The number of amides is 1. The van der Waals surface area contributed by atoms with Crippen LogP contribution >= 0.6 is 0 Å². The number of carboxylic acids is 1. The minimum Gasteiger partial charge on any atom is -0.548 e. The molecule has 2 aromatic rings. The van der Waals surface area contributed by atoms with Crippen molar-refractivity contribution < 1.29 is 23.8 Å². The van der Waals surface area contributed by atoms with Crippen molar-refractivity contribution in [3.8, 4) is 5.75 Å². The molecular formula is C20H22NO6-. The molecule has 1 amide bonds. The molecule has 1 N–H and O–H groups in total. The third kappa shape index (κ3) is 3.97. The van der Waals surface area contributed by atoms with E-state index in [1.807, 2.05) is 13.0 Å². The molecule has 1 aliphatic carbocycles. The fourth-order valence-electron chi connectivity index (χ4n) is 3.39. The van der Waals surface area contributed by atoms with E-state index in [-0.39, 0.29) is 18.2 Å². The molecule has 27 heavy (non-hydrogen) atoms. The van der Waals surface area contributed by atoms with Gasteiger partial charge < -0.3 is 24.4 Å². The largest absolute Gasteiger partial charge is 0.548 e. The summed E-state index contributed by atoms with van der Waals surface area (Å²) in [6, 6.07) is 4.04. The third-order valence-corrected chi connectivity index (χ3v) is 5.10. The van der Waals surface area contributed by atoms with Crippen LogP contribution in [-0.2, 0) is 22.4 Å². The number of carbonyl (C=O) groups excluding carboxylic acids is 2. The summed E-state index contributed by atoms with van der Waals surface area (Å²) in [5.41, 5.74) is 1.87. The van der Waals surface area contributed by atoms with Crippen LogP contribution in [0.1, 0.15) is 37.8 Å². The first kappa shape index (κ1) is 18.9. The van der Waals surface area contributed by atoms with E-state index >= 15 is 0 Å². The van der Waals surface area contributed by atoms with Crippen LogP contribution in [0.4, 0.5) is 0 Å². The van der Waals surface area contributed by atoms with Gasteiger partial charge in [-0.3, -0.25) is 4.79 Å². The number of fused-ring (bicyclic) bond motifs is 3. The van der Waals surface area contributed by atoms with E-state index in [0.29, 0.717) is 17.8 Å². The van der Waals surface area contributed by atoms with E-state index in [1.165, 1.54) is 0 Å². The first-order valence-electron chi connectivity index (χ1n) is 9.12. The molecule has 0 saturated heterocycles. The molecule has 1 aliphatic rings. The number of aliphatic carboxylic acids is 1. The molecule has 0 aliphatic heterocycles. The summed E-state index contributed by atoms with van der Waals surface area (Å²) in [5, 5.41) is 14.5.